The molecule has 94 heavy (non-hydrogen) atoms. The molecule has 15 rings (SSSR count). The van der Waals surface area contributed by atoms with E-state index in [1.807, 2.05) is 0 Å². The van der Waals surface area contributed by atoms with Crippen molar-refractivity contribution in [1.82, 2.24) is 0 Å². The smallest absolute Gasteiger partial charge is 0.333 e. The van der Waals surface area contributed by atoms with E-state index in [1.165, 1.54) is 160 Å². The molecule has 0 atom stereocenters. The molecule has 0 N–H and O–H groups in total. The van der Waals surface area contributed by atoms with Crippen molar-refractivity contribution >= 4 is 63.3 Å². The summed E-state index contributed by atoms with van der Waals surface area (Å²) in [5.74, 6) is 0. The second-order valence-corrected chi connectivity index (χ2v) is 36.3. The maximum atomic E-state index is 2.82. The summed E-state index contributed by atoms with van der Waals surface area (Å²) in [6.45, 7) is 51.1. The molecule has 6 aliphatic rings. The van der Waals surface area contributed by atoms with Crippen molar-refractivity contribution in [1.29, 1.82) is 0 Å². The van der Waals surface area contributed by atoms with Crippen molar-refractivity contribution in [2.24, 2.45) is 0 Å². The molecule has 480 valence electrons. The predicted molar refractivity (Wildman–Crippen MR) is 406 cm³/mol. The minimum atomic E-state index is -0.262. The fourth-order valence-corrected chi connectivity index (χ4v) is 18.1. The summed E-state index contributed by atoms with van der Waals surface area (Å²) in [7, 11) is 0. The first-order chi connectivity index (χ1) is 44.0. The fourth-order valence-electron chi connectivity index (χ4n) is 18.1. The first-order valence-corrected chi connectivity index (χ1v) is 35.6. The molecule has 0 spiro atoms. The second kappa shape index (κ2) is 20.5. The molecule has 3 nitrogen and oxygen atoms in total. The molecule has 9 aromatic rings. The largest absolute Gasteiger partial charge is 0.376 e. The van der Waals surface area contributed by atoms with Gasteiger partial charge in [-0.25, -0.2) is 0 Å². The number of rotatable bonds is 6. The van der Waals surface area contributed by atoms with Crippen molar-refractivity contribution < 1.29 is 0 Å². The van der Waals surface area contributed by atoms with E-state index >= 15 is 0 Å². The van der Waals surface area contributed by atoms with Crippen LogP contribution in [0.4, 0.5) is 45.5 Å². The summed E-state index contributed by atoms with van der Waals surface area (Å²) in [5.41, 5.74) is 36.0. The van der Waals surface area contributed by atoms with Crippen LogP contribution in [0.1, 0.15) is 238 Å². The van der Waals surface area contributed by atoms with Gasteiger partial charge in [0, 0.05) is 56.5 Å². The van der Waals surface area contributed by atoms with E-state index in [0.29, 0.717) is 0 Å². The lowest BCUT2D eigenvalue weighted by Crippen LogP contribution is -2.62. The standard InChI is InChI=1S/C90H102BN3/c1-55-45-71-75(89(18,19)44-41-85(71,10)11)54-78(55)93-79-51-65-64-50-73-74(88(16,17)43-42-87(73,14)15)52-69(64)90(20,21)70(65)53-76(79)91-81-67(46-57(47-80(81)93)56-25-23-22-24-26-56)66-48-62(36-38-77(66)94(91)63-35-37-68-72(49-63)86(12,13)40-39-84(68,8)9)92(60-31-27-58(28-32-60)82(2,3)4)61-33-29-59(30-34-61)83(5,6)7/h22-38,45-54H,39-44H2,1-21H3. The van der Waals surface area contributed by atoms with Gasteiger partial charge in [0.05, 0.1) is 0 Å². The Labute approximate surface area is 565 Å². The van der Waals surface area contributed by atoms with Crippen LogP contribution in [-0.2, 0) is 48.7 Å². The van der Waals surface area contributed by atoms with Crippen LogP contribution in [-0.4, -0.2) is 6.85 Å². The summed E-state index contributed by atoms with van der Waals surface area (Å²) in [6.07, 6.45) is 6.99. The van der Waals surface area contributed by atoms with Gasteiger partial charge in [0.15, 0.2) is 0 Å². The molecule has 0 amide bonds. The lowest BCUT2D eigenvalue weighted by Gasteiger charge is -2.48. The van der Waals surface area contributed by atoms with E-state index in [-0.39, 0.29) is 55.6 Å². The molecule has 4 heteroatoms. The van der Waals surface area contributed by atoms with Crippen LogP contribution in [0, 0.1) is 6.92 Å². The Hall–Kier alpha value is -7.56. The monoisotopic (exact) mass is 1240 g/mol. The zero-order chi connectivity index (χ0) is 66.7. The Bertz CT molecular complexity index is 4550. The van der Waals surface area contributed by atoms with Crippen molar-refractivity contribution in [2.75, 3.05) is 14.6 Å². The zero-order valence-corrected chi connectivity index (χ0v) is 60.8. The van der Waals surface area contributed by atoms with E-state index in [9.17, 15) is 0 Å². The van der Waals surface area contributed by atoms with Crippen molar-refractivity contribution in [3.05, 3.63) is 225 Å². The van der Waals surface area contributed by atoms with E-state index in [1.54, 1.807) is 0 Å². The molecular formula is C90H102BN3. The van der Waals surface area contributed by atoms with Crippen LogP contribution in [0.25, 0.3) is 33.4 Å². The third-order valence-electron chi connectivity index (χ3n) is 24.7. The SMILES string of the molecule is Cc1cc2c(cc1N1c3cc4c(cc3B3c5c(cc(-c6ccccc6)cc51)-c1cc(N(c5ccc(C(C)(C)C)cc5)c5ccc(C(C)(C)C)cc5)ccc1N3c1ccc3c(c1)C(C)(C)CCC3(C)C)C(C)(C)c1cc3c(cc1-4)C(C)(C)CCC3(C)C)C(C)(C)CCC2(C)C. The lowest BCUT2D eigenvalue weighted by atomic mass is 9.43. The van der Waals surface area contributed by atoms with Gasteiger partial charge in [-0.05, 0) is 274 Å². The van der Waals surface area contributed by atoms with Crippen LogP contribution in [0.15, 0.2) is 164 Å². The Balaban J connectivity index is 1.07. The molecule has 2 aliphatic heterocycles. The molecule has 0 saturated heterocycles. The topological polar surface area (TPSA) is 9.72 Å². The summed E-state index contributed by atoms with van der Waals surface area (Å²) in [5, 5.41) is 0. The van der Waals surface area contributed by atoms with Crippen LogP contribution in [0.5, 0.6) is 0 Å². The molecule has 9 aromatic carbocycles. The maximum absolute atomic E-state index is 2.82. The number of hydrogen-bond donors (Lipinski definition) is 0. The molecule has 0 radical (unpaired) electrons. The van der Waals surface area contributed by atoms with Gasteiger partial charge in [0.1, 0.15) is 0 Å². The van der Waals surface area contributed by atoms with Gasteiger partial charge >= 0.3 is 6.85 Å². The summed E-state index contributed by atoms with van der Waals surface area (Å²) in [6, 6.07) is 66.4. The molecule has 0 bridgehead atoms. The number of hydrogen-bond acceptors (Lipinski definition) is 3. The number of benzene rings is 9. The van der Waals surface area contributed by atoms with Crippen LogP contribution < -0.4 is 25.5 Å². The highest BCUT2D eigenvalue weighted by Gasteiger charge is 2.51. The van der Waals surface area contributed by atoms with Crippen LogP contribution in [0.3, 0.4) is 0 Å². The lowest BCUT2D eigenvalue weighted by molar-refractivity contribution is 0.331. The van der Waals surface area contributed by atoms with Gasteiger partial charge in [-0.3, -0.25) is 0 Å². The average Bonchev–Trinajstić information content (AvgIpc) is 1.13. The highest BCUT2D eigenvalue weighted by Crippen LogP contribution is 2.59. The van der Waals surface area contributed by atoms with Gasteiger partial charge in [-0.1, -0.05) is 217 Å². The predicted octanol–water partition coefficient (Wildman–Crippen LogP) is 23.8. The van der Waals surface area contributed by atoms with E-state index < -0.39 is 0 Å². The molecule has 0 aromatic heterocycles. The van der Waals surface area contributed by atoms with Gasteiger partial charge in [0.25, 0.3) is 0 Å². The highest BCUT2D eigenvalue weighted by molar-refractivity contribution is 6.93. The first-order valence-electron chi connectivity index (χ1n) is 35.6. The minimum absolute atomic E-state index is 0.00488. The maximum Gasteiger partial charge on any atom is 0.333 e. The molecule has 0 fully saturated rings. The number of anilines is 8. The summed E-state index contributed by atoms with van der Waals surface area (Å²) < 4.78 is 0. The molecule has 4 aliphatic carbocycles. The quantitative estimate of drug-likeness (QED) is 0.154. The third kappa shape index (κ3) is 9.60. The van der Waals surface area contributed by atoms with Crippen molar-refractivity contribution in [2.45, 2.75) is 233 Å². The number of nitrogens with zero attached hydrogens (tertiary/aromatic N) is 3. The number of fused-ring (bicyclic) bond motifs is 10. The Morgan fingerprint density at radius 2 is 0.830 bits per heavy atom. The Morgan fingerprint density at radius 1 is 0.351 bits per heavy atom. The summed E-state index contributed by atoms with van der Waals surface area (Å²) >= 11 is 0. The third-order valence-corrected chi connectivity index (χ3v) is 24.7. The summed E-state index contributed by atoms with van der Waals surface area (Å²) in [4.78, 5) is 8.11. The second-order valence-electron chi connectivity index (χ2n) is 36.3. The Morgan fingerprint density at radius 3 is 1.38 bits per heavy atom. The number of aryl methyl sites for hydroxylation is 1. The van der Waals surface area contributed by atoms with Gasteiger partial charge in [0.2, 0.25) is 0 Å². The van der Waals surface area contributed by atoms with Crippen LogP contribution >= 0.6 is 0 Å². The normalized spacial score (nSPS) is 19.2. The molecule has 0 unspecified atom stereocenters. The van der Waals surface area contributed by atoms with Crippen molar-refractivity contribution in [3.8, 4) is 33.4 Å². The van der Waals surface area contributed by atoms with Gasteiger partial charge in [-0.15, -0.1) is 0 Å². The van der Waals surface area contributed by atoms with Gasteiger partial charge in [-0.2, -0.15) is 0 Å². The highest BCUT2D eigenvalue weighted by atomic mass is 15.2. The zero-order valence-electron chi connectivity index (χ0n) is 60.8. The molecular weight excluding hydrogens is 1130 g/mol. The molecule has 0 saturated carbocycles. The Kier molecular flexibility index (Phi) is 13.6. The minimum Gasteiger partial charge on any atom is -0.376 e. The average molecular weight is 1240 g/mol. The van der Waals surface area contributed by atoms with Crippen LogP contribution in [0.2, 0.25) is 0 Å². The first kappa shape index (κ1) is 62.6. The van der Waals surface area contributed by atoms with Gasteiger partial charge < -0.3 is 14.6 Å². The fraction of sp³-hybridized carbons (Fsp3) is 0.400. The van der Waals surface area contributed by atoms with Crippen molar-refractivity contribution in [3.63, 3.8) is 0 Å². The van der Waals surface area contributed by atoms with E-state index in [0.717, 1.165) is 29.9 Å². The van der Waals surface area contributed by atoms with E-state index in [2.05, 4.69) is 324 Å². The van der Waals surface area contributed by atoms with E-state index in [4.69, 9.17) is 0 Å². The molecule has 2 heterocycles.